The van der Waals surface area contributed by atoms with Crippen LogP contribution in [0.1, 0.15) is 23.5 Å². The van der Waals surface area contributed by atoms with Crippen molar-refractivity contribution < 1.29 is 23.9 Å². The van der Waals surface area contributed by atoms with Gasteiger partial charge in [0.05, 0.1) is 13.1 Å². The zero-order valence-corrected chi connectivity index (χ0v) is 21.6. The highest BCUT2D eigenvalue weighted by atomic mass is 16.5. The van der Waals surface area contributed by atoms with E-state index < -0.39 is 17.9 Å². The summed E-state index contributed by atoms with van der Waals surface area (Å²) in [5.74, 6) is 1.11. The first-order valence-corrected chi connectivity index (χ1v) is 13.6. The van der Waals surface area contributed by atoms with E-state index in [0.29, 0.717) is 23.7 Å². The minimum Gasteiger partial charge on any atom is -0.449 e. The molecule has 4 amide bonds. The molecule has 2 aromatic carbocycles. The average molecular weight is 529 g/mol. The molecule has 4 aliphatic rings. The van der Waals surface area contributed by atoms with Gasteiger partial charge < -0.3 is 25.6 Å². The summed E-state index contributed by atoms with van der Waals surface area (Å²) in [5.41, 5.74) is 4.47. The first-order chi connectivity index (χ1) is 19.0. The second-order valence-electron chi connectivity index (χ2n) is 10.8. The van der Waals surface area contributed by atoms with Gasteiger partial charge in [0.1, 0.15) is 13.2 Å². The molecule has 1 saturated heterocycles. The van der Waals surface area contributed by atoms with Crippen LogP contribution in [0.2, 0.25) is 0 Å². The molecule has 1 aliphatic heterocycles. The molecule has 0 aromatic heterocycles. The molecule has 1 saturated carbocycles. The molecule has 9 heteroatoms. The second-order valence-corrected chi connectivity index (χ2v) is 10.8. The minimum atomic E-state index is -0.707. The van der Waals surface area contributed by atoms with E-state index in [1.165, 1.54) is 6.42 Å². The maximum absolute atomic E-state index is 12.6. The van der Waals surface area contributed by atoms with Crippen LogP contribution in [0.3, 0.4) is 0 Å². The van der Waals surface area contributed by atoms with Crippen LogP contribution in [-0.4, -0.2) is 68.0 Å². The van der Waals surface area contributed by atoms with E-state index in [1.54, 1.807) is 0 Å². The molecule has 1 heterocycles. The maximum atomic E-state index is 12.6. The lowest BCUT2D eigenvalue weighted by atomic mass is 9.86. The second kappa shape index (κ2) is 10.6. The number of nitrogens with zero attached hydrogens (tertiary/aromatic N) is 1. The molecule has 0 radical (unpaired) electrons. The van der Waals surface area contributed by atoms with E-state index in [-0.39, 0.29) is 38.1 Å². The van der Waals surface area contributed by atoms with Gasteiger partial charge in [0.2, 0.25) is 17.7 Å². The number of ether oxygens (including phenoxy) is 1. The van der Waals surface area contributed by atoms with Gasteiger partial charge in [0.15, 0.2) is 0 Å². The number of carbonyl (C=O) groups excluding carboxylic acids is 4. The summed E-state index contributed by atoms with van der Waals surface area (Å²) in [4.78, 5) is 50.9. The molecule has 0 spiro atoms. The van der Waals surface area contributed by atoms with Crippen LogP contribution in [0.15, 0.2) is 60.7 Å². The van der Waals surface area contributed by atoms with Crippen LogP contribution in [0.4, 0.5) is 4.79 Å². The number of carbonyl (C=O) groups is 4. The SMILES string of the molecule is O=C(CNC(=O)CNC(=O)OCC1c2ccccc2-c2ccccc21)NCC(=O)N1C[C@@H]2[C@H](C1)[C@@H]1C=C[C@H]2C1. The van der Waals surface area contributed by atoms with Crippen molar-refractivity contribution in [2.75, 3.05) is 39.3 Å². The molecule has 202 valence electrons. The van der Waals surface area contributed by atoms with Crippen molar-refractivity contribution in [3.05, 3.63) is 71.8 Å². The van der Waals surface area contributed by atoms with Gasteiger partial charge >= 0.3 is 6.09 Å². The summed E-state index contributed by atoms with van der Waals surface area (Å²) in [6.07, 6.45) is 5.07. The number of alkyl carbamates (subject to hydrolysis) is 1. The van der Waals surface area contributed by atoms with Crippen molar-refractivity contribution in [1.82, 2.24) is 20.9 Å². The Hall–Kier alpha value is -4.14. The lowest BCUT2D eigenvalue weighted by Gasteiger charge is -2.19. The van der Waals surface area contributed by atoms with E-state index in [0.717, 1.165) is 35.3 Å². The molecule has 39 heavy (non-hydrogen) atoms. The Morgan fingerprint density at radius 3 is 1.90 bits per heavy atom. The van der Waals surface area contributed by atoms with E-state index in [4.69, 9.17) is 4.74 Å². The number of nitrogens with one attached hydrogen (secondary N) is 3. The van der Waals surface area contributed by atoms with Gasteiger partial charge in [-0.25, -0.2) is 4.79 Å². The number of likely N-dealkylation sites (tertiary alicyclic amines) is 1. The maximum Gasteiger partial charge on any atom is 0.407 e. The minimum absolute atomic E-state index is 0.0738. The van der Waals surface area contributed by atoms with Crippen molar-refractivity contribution in [2.24, 2.45) is 23.7 Å². The topological polar surface area (TPSA) is 117 Å². The van der Waals surface area contributed by atoms with Crippen LogP contribution < -0.4 is 16.0 Å². The molecule has 2 bridgehead atoms. The number of rotatable bonds is 8. The smallest absolute Gasteiger partial charge is 0.407 e. The van der Waals surface area contributed by atoms with Gasteiger partial charge in [-0.1, -0.05) is 60.7 Å². The third-order valence-electron chi connectivity index (χ3n) is 8.63. The zero-order valence-electron chi connectivity index (χ0n) is 21.6. The summed E-state index contributed by atoms with van der Waals surface area (Å²) in [7, 11) is 0. The highest BCUT2D eigenvalue weighted by molar-refractivity contribution is 5.89. The molecule has 0 unspecified atom stereocenters. The van der Waals surface area contributed by atoms with E-state index >= 15 is 0 Å². The van der Waals surface area contributed by atoms with Crippen molar-refractivity contribution in [3.8, 4) is 11.1 Å². The van der Waals surface area contributed by atoms with Crippen molar-refractivity contribution in [3.63, 3.8) is 0 Å². The predicted molar refractivity (Wildman–Crippen MR) is 143 cm³/mol. The summed E-state index contributed by atoms with van der Waals surface area (Å²) in [6, 6.07) is 16.1. The fourth-order valence-corrected chi connectivity index (χ4v) is 6.75. The van der Waals surface area contributed by atoms with Gasteiger partial charge in [0.25, 0.3) is 0 Å². The summed E-state index contributed by atoms with van der Waals surface area (Å²) in [6.45, 7) is 0.961. The standard InChI is InChI=1S/C30H32N4O5/c35-27(32-14-29(37)34-15-24-18-9-10-19(11-18)25(24)16-34)12-31-28(36)13-33-30(38)39-17-26-22-7-3-1-5-20(22)21-6-2-4-8-23(21)26/h1-10,18-19,24-26H,11-17H2,(H,31,36)(H,32,35)(H,33,38)/t18-,19+,24-,25+. The molecule has 4 atom stereocenters. The van der Waals surface area contributed by atoms with Crippen molar-refractivity contribution >= 4 is 23.8 Å². The third kappa shape index (κ3) is 5.01. The highest BCUT2D eigenvalue weighted by Gasteiger charge is 2.49. The fourth-order valence-electron chi connectivity index (χ4n) is 6.75. The molecule has 6 rings (SSSR count). The molecular weight excluding hydrogens is 496 g/mol. The number of benzene rings is 2. The quantitative estimate of drug-likeness (QED) is 0.454. The highest BCUT2D eigenvalue weighted by Crippen LogP contribution is 2.51. The van der Waals surface area contributed by atoms with E-state index in [1.807, 2.05) is 41.3 Å². The molecule has 2 aromatic rings. The van der Waals surface area contributed by atoms with E-state index in [2.05, 4.69) is 40.2 Å². The molecule has 3 N–H and O–H groups in total. The van der Waals surface area contributed by atoms with Crippen LogP contribution in [0.25, 0.3) is 11.1 Å². The normalized spacial score (nSPS) is 23.6. The van der Waals surface area contributed by atoms with Gasteiger partial charge in [0, 0.05) is 19.0 Å². The van der Waals surface area contributed by atoms with Gasteiger partial charge in [-0.3, -0.25) is 14.4 Å². The number of allylic oxidation sites excluding steroid dienone is 2. The van der Waals surface area contributed by atoms with Gasteiger partial charge in [-0.2, -0.15) is 0 Å². The Morgan fingerprint density at radius 2 is 1.28 bits per heavy atom. The van der Waals surface area contributed by atoms with Crippen LogP contribution in [0.5, 0.6) is 0 Å². The van der Waals surface area contributed by atoms with Gasteiger partial charge in [-0.15, -0.1) is 0 Å². The Bertz CT molecular complexity index is 1270. The summed E-state index contributed by atoms with van der Waals surface area (Å²) < 4.78 is 5.42. The monoisotopic (exact) mass is 528 g/mol. The zero-order chi connectivity index (χ0) is 26.9. The largest absolute Gasteiger partial charge is 0.449 e. The van der Waals surface area contributed by atoms with Crippen molar-refractivity contribution in [2.45, 2.75) is 12.3 Å². The molecule has 3 aliphatic carbocycles. The average Bonchev–Trinajstić information content (AvgIpc) is 3.73. The van der Waals surface area contributed by atoms with E-state index in [9.17, 15) is 19.2 Å². The molecular formula is C30H32N4O5. The molecule has 9 nitrogen and oxygen atoms in total. The summed E-state index contributed by atoms with van der Waals surface area (Å²) in [5, 5.41) is 7.46. The Balaban J connectivity index is 0.881. The van der Waals surface area contributed by atoms with Gasteiger partial charge in [-0.05, 0) is 52.3 Å². The summed E-state index contributed by atoms with van der Waals surface area (Å²) >= 11 is 0. The Morgan fingerprint density at radius 1 is 0.744 bits per heavy atom. The number of hydrogen-bond donors (Lipinski definition) is 3. The van der Waals surface area contributed by atoms with Crippen LogP contribution >= 0.6 is 0 Å². The van der Waals surface area contributed by atoms with Crippen molar-refractivity contribution in [1.29, 1.82) is 0 Å². The predicted octanol–water partition coefficient (Wildman–Crippen LogP) is 2.04. The number of hydrogen-bond acceptors (Lipinski definition) is 5. The lowest BCUT2D eigenvalue weighted by Crippen LogP contribution is -2.45. The number of amides is 4. The molecule has 2 fully saturated rings. The Labute approximate surface area is 227 Å². The number of fused-ring (bicyclic) bond motifs is 8. The third-order valence-corrected chi connectivity index (χ3v) is 8.63. The lowest BCUT2D eigenvalue weighted by molar-refractivity contribution is -0.132. The van der Waals surface area contributed by atoms with Crippen LogP contribution in [-0.2, 0) is 19.1 Å². The first kappa shape index (κ1) is 25.2. The Kier molecular flexibility index (Phi) is 6.81. The first-order valence-electron chi connectivity index (χ1n) is 13.6. The fraction of sp³-hybridized carbons (Fsp3) is 0.400. The van der Waals surface area contributed by atoms with Crippen LogP contribution in [0, 0.1) is 23.7 Å².